The standard InChI is InChI=1S/C18H23ClN2O6S/c1-7-27-18(22)16-10(2)21(4)11(3)17(16)28(23,24)20-13-8-12(19)14(25-5)9-15(13)26-6/h8-9,20H,7H2,1-6H3. The second-order valence-electron chi connectivity index (χ2n) is 5.95. The van der Waals surface area contributed by atoms with Gasteiger partial charge in [-0.25, -0.2) is 13.2 Å². The van der Waals surface area contributed by atoms with Gasteiger partial charge in [0.1, 0.15) is 22.0 Å². The van der Waals surface area contributed by atoms with Gasteiger partial charge in [0, 0.05) is 24.5 Å². The van der Waals surface area contributed by atoms with Gasteiger partial charge < -0.3 is 18.8 Å². The van der Waals surface area contributed by atoms with Crippen LogP contribution in [0.1, 0.15) is 28.7 Å². The molecule has 0 radical (unpaired) electrons. The molecule has 10 heteroatoms. The van der Waals surface area contributed by atoms with Gasteiger partial charge in [0.2, 0.25) is 0 Å². The Balaban J connectivity index is 2.63. The van der Waals surface area contributed by atoms with Crippen LogP contribution in [0.3, 0.4) is 0 Å². The molecule has 0 spiro atoms. The Morgan fingerprint density at radius 1 is 1.14 bits per heavy atom. The Hall–Kier alpha value is -2.39. The summed E-state index contributed by atoms with van der Waals surface area (Å²) in [5.41, 5.74) is 0.986. The average Bonchev–Trinajstić information content (AvgIpc) is 2.86. The fourth-order valence-corrected chi connectivity index (χ4v) is 4.64. The molecule has 0 saturated carbocycles. The Morgan fingerprint density at radius 2 is 1.75 bits per heavy atom. The fraction of sp³-hybridized carbons (Fsp3) is 0.389. The highest BCUT2D eigenvalue weighted by atomic mass is 35.5. The smallest absolute Gasteiger partial charge is 0.341 e. The lowest BCUT2D eigenvalue weighted by Crippen LogP contribution is -2.18. The molecule has 0 aliphatic carbocycles. The number of esters is 1. The molecule has 0 fully saturated rings. The molecule has 8 nitrogen and oxygen atoms in total. The third-order valence-electron chi connectivity index (χ3n) is 4.39. The van der Waals surface area contributed by atoms with Crippen molar-refractivity contribution in [2.45, 2.75) is 25.7 Å². The largest absolute Gasteiger partial charge is 0.495 e. The molecular weight excluding hydrogens is 408 g/mol. The summed E-state index contributed by atoms with van der Waals surface area (Å²) in [6.07, 6.45) is 0. The fourth-order valence-electron chi connectivity index (χ4n) is 2.82. The van der Waals surface area contributed by atoms with E-state index in [4.69, 9.17) is 25.8 Å². The van der Waals surface area contributed by atoms with Crippen LogP contribution in [0.15, 0.2) is 17.0 Å². The van der Waals surface area contributed by atoms with Crippen LogP contribution in [-0.4, -0.2) is 39.8 Å². The lowest BCUT2D eigenvalue weighted by atomic mass is 10.2. The molecule has 2 aromatic rings. The van der Waals surface area contributed by atoms with Crippen LogP contribution in [0.2, 0.25) is 5.02 Å². The normalized spacial score (nSPS) is 11.2. The highest BCUT2D eigenvalue weighted by Crippen LogP contribution is 2.38. The molecule has 2 rings (SSSR count). The van der Waals surface area contributed by atoms with Gasteiger partial charge in [0.15, 0.2) is 0 Å². The van der Waals surface area contributed by atoms with Crippen molar-refractivity contribution in [2.75, 3.05) is 25.5 Å². The maximum absolute atomic E-state index is 13.2. The number of rotatable bonds is 7. The first-order valence-electron chi connectivity index (χ1n) is 8.36. The number of carbonyl (C=O) groups excluding carboxylic acids is 1. The quantitative estimate of drug-likeness (QED) is 0.677. The SMILES string of the molecule is CCOC(=O)c1c(S(=O)(=O)Nc2cc(Cl)c(OC)cc2OC)c(C)n(C)c1C. The monoisotopic (exact) mass is 430 g/mol. The predicted octanol–water partition coefficient (Wildman–Crippen LogP) is 3.29. The van der Waals surface area contributed by atoms with Crippen molar-refractivity contribution in [3.8, 4) is 11.5 Å². The van der Waals surface area contributed by atoms with Crippen LogP contribution in [0.4, 0.5) is 5.69 Å². The van der Waals surface area contributed by atoms with Crippen molar-refractivity contribution in [3.05, 3.63) is 34.1 Å². The maximum atomic E-state index is 13.2. The topological polar surface area (TPSA) is 95.9 Å². The van der Waals surface area contributed by atoms with Crippen LogP contribution in [0, 0.1) is 13.8 Å². The van der Waals surface area contributed by atoms with Gasteiger partial charge in [-0.15, -0.1) is 0 Å². The number of methoxy groups -OCH3 is 2. The molecule has 1 heterocycles. The molecule has 1 aromatic carbocycles. The molecule has 0 unspecified atom stereocenters. The minimum absolute atomic E-state index is 0.00655. The van der Waals surface area contributed by atoms with Gasteiger partial charge in [-0.2, -0.15) is 0 Å². The second-order valence-corrected chi connectivity index (χ2v) is 7.97. The number of hydrogen-bond donors (Lipinski definition) is 1. The molecule has 154 valence electrons. The zero-order chi connectivity index (χ0) is 21.2. The lowest BCUT2D eigenvalue weighted by molar-refractivity contribution is 0.0521. The number of nitrogens with zero attached hydrogens (tertiary/aromatic N) is 1. The highest BCUT2D eigenvalue weighted by molar-refractivity contribution is 7.92. The average molecular weight is 431 g/mol. The van der Waals surface area contributed by atoms with E-state index in [-0.39, 0.29) is 33.5 Å². The van der Waals surface area contributed by atoms with E-state index in [0.717, 1.165) is 0 Å². The molecule has 0 aliphatic heterocycles. The number of benzene rings is 1. The summed E-state index contributed by atoms with van der Waals surface area (Å²) >= 11 is 6.12. The Morgan fingerprint density at radius 3 is 2.29 bits per heavy atom. The van der Waals surface area contributed by atoms with Crippen molar-refractivity contribution >= 4 is 33.3 Å². The predicted molar refractivity (Wildman–Crippen MR) is 106 cm³/mol. The second kappa shape index (κ2) is 8.32. The Kier molecular flexibility index (Phi) is 6.51. The summed E-state index contributed by atoms with van der Waals surface area (Å²) in [6.45, 7) is 5.05. The first kappa shape index (κ1) is 21.9. The number of sulfonamides is 1. The molecule has 0 aliphatic rings. The van der Waals surface area contributed by atoms with E-state index in [1.165, 1.54) is 26.4 Å². The van der Waals surface area contributed by atoms with Gasteiger partial charge >= 0.3 is 5.97 Å². The lowest BCUT2D eigenvalue weighted by Gasteiger charge is -2.15. The Labute approximate surface area is 169 Å². The van der Waals surface area contributed by atoms with E-state index in [9.17, 15) is 13.2 Å². The number of anilines is 1. The molecular formula is C18H23ClN2O6S. The van der Waals surface area contributed by atoms with E-state index in [1.54, 1.807) is 32.4 Å². The molecule has 0 amide bonds. The van der Waals surface area contributed by atoms with Crippen LogP contribution < -0.4 is 14.2 Å². The highest BCUT2D eigenvalue weighted by Gasteiger charge is 2.32. The number of nitrogens with one attached hydrogen (secondary N) is 1. The van der Waals surface area contributed by atoms with E-state index in [0.29, 0.717) is 17.1 Å². The molecule has 0 saturated heterocycles. The molecule has 1 N–H and O–H groups in total. The van der Waals surface area contributed by atoms with Crippen molar-refractivity contribution < 1.29 is 27.4 Å². The van der Waals surface area contributed by atoms with Gasteiger partial charge in [-0.05, 0) is 26.8 Å². The molecule has 1 aromatic heterocycles. The minimum atomic E-state index is -4.16. The van der Waals surface area contributed by atoms with Crippen molar-refractivity contribution in [1.29, 1.82) is 0 Å². The van der Waals surface area contributed by atoms with E-state index in [1.807, 2.05) is 0 Å². The number of halogens is 1. The summed E-state index contributed by atoms with van der Waals surface area (Å²) in [5.74, 6) is -0.156. The summed E-state index contributed by atoms with van der Waals surface area (Å²) in [7, 11) is 0.346. The van der Waals surface area contributed by atoms with Crippen molar-refractivity contribution in [1.82, 2.24) is 4.57 Å². The third-order valence-corrected chi connectivity index (χ3v) is 6.21. The van der Waals surface area contributed by atoms with Crippen LogP contribution in [-0.2, 0) is 21.8 Å². The minimum Gasteiger partial charge on any atom is -0.495 e. The number of hydrogen-bond acceptors (Lipinski definition) is 6. The molecule has 28 heavy (non-hydrogen) atoms. The number of aromatic nitrogens is 1. The van der Waals surface area contributed by atoms with Crippen molar-refractivity contribution in [2.24, 2.45) is 7.05 Å². The summed E-state index contributed by atoms with van der Waals surface area (Å²) in [4.78, 5) is 12.3. The van der Waals surface area contributed by atoms with Crippen molar-refractivity contribution in [3.63, 3.8) is 0 Å². The number of ether oxygens (including phenoxy) is 3. The molecule has 0 bridgehead atoms. The van der Waals surface area contributed by atoms with E-state index in [2.05, 4.69) is 4.72 Å². The summed E-state index contributed by atoms with van der Waals surface area (Å²) < 4.78 is 45.9. The van der Waals surface area contributed by atoms with Gasteiger partial charge in [0.05, 0.1) is 31.5 Å². The van der Waals surface area contributed by atoms with E-state index >= 15 is 0 Å². The zero-order valence-electron chi connectivity index (χ0n) is 16.5. The van der Waals surface area contributed by atoms with E-state index < -0.39 is 16.0 Å². The summed E-state index contributed by atoms with van der Waals surface area (Å²) in [6, 6.07) is 2.85. The maximum Gasteiger partial charge on any atom is 0.341 e. The van der Waals surface area contributed by atoms with Gasteiger partial charge in [-0.3, -0.25) is 4.72 Å². The summed E-state index contributed by atoms with van der Waals surface area (Å²) in [5, 5.41) is 0.201. The van der Waals surface area contributed by atoms with Crippen LogP contribution >= 0.6 is 11.6 Å². The van der Waals surface area contributed by atoms with Gasteiger partial charge in [-0.1, -0.05) is 11.6 Å². The zero-order valence-corrected chi connectivity index (χ0v) is 18.1. The first-order valence-corrected chi connectivity index (χ1v) is 10.2. The van der Waals surface area contributed by atoms with Gasteiger partial charge in [0.25, 0.3) is 10.0 Å². The Bertz CT molecular complexity index is 1010. The molecule has 0 atom stereocenters. The number of carbonyl (C=O) groups is 1. The third kappa shape index (κ3) is 3.90. The van der Waals surface area contributed by atoms with Crippen LogP contribution in [0.25, 0.3) is 0 Å². The van der Waals surface area contributed by atoms with Crippen LogP contribution in [0.5, 0.6) is 11.5 Å². The first-order chi connectivity index (χ1) is 13.1.